The Hall–Kier alpha value is -3.20. The van der Waals surface area contributed by atoms with Crippen molar-refractivity contribution < 1.29 is 0 Å². The monoisotopic (exact) mass is 383 g/mol. The summed E-state index contributed by atoms with van der Waals surface area (Å²) < 4.78 is 0. The fourth-order valence-corrected chi connectivity index (χ4v) is 3.28. The number of pyridine rings is 1. The molecular formula is C26H29N3. The molecule has 0 radical (unpaired) electrons. The molecule has 3 heteroatoms. The average Bonchev–Trinajstić information content (AvgIpc) is 3.28. The Morgan fingerprint density at radius 2 is 1.86 bits per heavy atom. The lowest BCUT2D eigenvalue weighted by molar-refractivity contribution is 0.647. The van der Waals surface area contributed by atoms with Crippen molar-refractivity contribution in [3.63, 3.8) is 0 Å². The second-order valence-corrected chi connectivity index (χ2v) is 7.62. The van der Waals surface area contributed by atoms with Gasteiger partial charge in [0.2, 0.25) is 0 Å². The first-order chi connectivity index (χ1) is 14.1. The number of hydrogen-bond donors (Lipinski definition) is 1. The molecule has 1 N–H and O–H groups in total. The molecule has 1 aromatic heterocycles. The number of nitrogens with one attached hydrogen (secondary N) is 1. The van der Waals surface area contributed by atoms with Crippen molar-refractivity contribution >= 4 is 34.5 Å². The van der Waals surface area contributed by atoms with Crippen LogP contribution in [0.1, 0.15) is 37.0 Å². The van der Waals surface area contributed by atoms with Gasteiger partial charge in [-0.25, -0.2) is 4.98 Å². The predicted octanol–water partition coefficient (Wildman–Crippen LogP) is 6.62. The molecular weight excluding hydrogens is 354 g/mol. The van der Waals surface area contributed by atoms with Gasteiger partial charge in [-0.2, -0.15) is 0 Å². The van der Waals surface area contributed by atoms with E-state index in [0.717, 1.165) is 30.0 Å². The van der Waals surface area contributed by atoms with Gasteiger partial charge < -0.3 is 5.32 Å². The molecule has 3 aromatic rings. The van der Waals surface area contributed by atoms with E-state index in [9.17, 15) is 0 Å². The van der Waals surface area contributed by atoms with E-state index < -0.39 is 0 Å². The van der Waals surface area contributed by atoms with Crippen LogP contribution in [0.25, 0.3) is 22.4 Å². The molecule has 2 aromatic carbocycles. The van der Waals surface area contributed by atoms with Gasteiger partial charge in [-0.05, 0) is 52.1 Å². The van der Waals surface area contributed by atoms with Crippen molar-refractivity contribution in [3.8, 4) is 0 Å². The lowest BCUT2D eigenvalue weighted by atomic mass is 10.0. The van der Waals surface area contributed by atoms with Crippen molar-refractivity contribution in [1.29, 1.82) is 0 Å². The van der Waals surface area contributed by atoms with Crippen LogP contribution in [0.3, 0.4) is 0 Å². The van der Waals surface area contributed by atoms with Gasteiger partial charge in [0.1, 0.15) is 5.82 Å². The molecule has 1 aliphatic rings. The molecule has 29 heavy (non-hydrogen) atoms. The van der Waals surface area contributed by atoms with Crippen LogP contribution >= 0.6 is 0 Å². The molecule has 0 spiro atoms. The van der Waals surface area contributed by atoms with Gasteiger partial charge in [0.15, 0.2) is 0 Å². The van der Waals surface area contributed by atoms with E-state index >= 15 is 0 Å². The van der Waals surface area contributed by atoms with Crippen LogP contribution in [-0.2, 0) is 6.42 Å². The number of rotatable bonds is 5. The molecule has 0 fully saturated rings. The second-order valence-electron chi connectivity index (χ2n) is 7.62. The second kappa shape index (κ2) is 9.83. The zero-order valence-corrected chi connectivity index (χ0v) is 17.5. The summed E-state index contributed by atoms with van der Waals surface area (Å²) in [5.41, 5.74) is 5.12. The minimum absolute atomic E-state index is 0.736. The fraction of sp³-hybridized carbons (Fsp3) is 0.231. The molecule has 0 aliphatic carbocycles. The first kappa shape index (κ1) is 20.5. The van der Waals surface area contributed by atoms with E-state index in [1.54, 1.807) is 0 Å². The van der Waals surface area contributed by atoms with E-state index in [-0.39, 0.29) is 0 Å². The van der Waals surface area contributed by atoms with E-state index in [0.29, 0.717) is 0 Å². The van der Waals surface area contributed by atoms with Gasteiger partial charge in [0, 0.05) is 37.5 Å². The molecule has 0 unspecified atom stereocenters. The van der Waals surface area contributed by atoms with E-state index in [1.165, 1.54) is 27.6 Å². The Morgan fingerprint density at radius 1 is 1.07 bits per heavy atom. The topological polar surface area (TPSA) is 37.3 Å². The molecule has 1 aliphatic heterocycles. The Morgan fingerprint density at radius 3 is 2.48 bits per heavy atom. The highest BCUT2D eigenvalue weighted by Crippen LogP contribution is 2.25. The van der Waals surface area contributed by atoms with Crippen LogP contribution in [0.2, 0.25) is 0 Å². The number of aromatic nitrogens is 1. The number of anilines is 1. The van der Waals surface area contributed by atoms with Crippen LogP contribution in [0.15, 0.2) is 72.5 Å². The Labute approximate surface area is 173 Å². The molecule has 0 amide bonds. The fourth-order valence-electron chi connectivity index (χ4n) is 3.28. The minimum atomic E-state index is 0.736. The van der Waals surface area contributed by atoms with Gasteiger partial charge in [-0.1, -0.05) is 62.9 Å². The standard InChI is InChI=1S/C14H13N3.C12H16/c1-15-14-7-13-6-10(12-4-5-16-8-12)2-3-11(13)9-17-14;1-4-11-5-7-12(8-6-11)9-10(2)3/h2-3,5-9H,4H2,1H3,(H,15,17);4-8,10H,1,9H2,2-3H3. The first-order valence-electron chi connectivity index (χ1n) is 10.1. The average molecular weight is 384 g/mol. The molecule has 0 saturated carbocycles. The zero-order valence-electron chi connectivity index (χ0n) is 17.5. The minimum Gasteiger partial charge on any atom is -0.373 e. The van der Waals surface area contributed by atoms with E-state index in [4.69, 9.17) is 0 Å². The highest BCUT2D eigenvalue weighted by atomic mass is 14.9. The molecule has 4 rings (SSSR count). The van der Waals surface area contributed by atoms with Gasteiger partial charge in [0.25, 0.3) is 0 Å². The van der Waals surface area contributed by atoms with Crippen molar-refractivity contribution in [2.24, 2.45) is 10.9 Å². The predicted molar refractivity (Wildman–Crippen MR) is 127 cm³/mol. The Balaban J connectivity index is 0.000000177. The van der Waals surface area contributed by atoms with Crippen molar-refractivity contribution in [2.75, 3.05) is 12.4 Å². The summed E-state index contributed by atoms with van der Waals surface area (Å²) in [6.07, 6.45) is 9.73. The third-order valence-electron chi connectivity index (χ3n) is 4.86. The molecule has 148 valence electrons. The lowest BCUT2D eigenvalue weighted by Crippen LogP contribution is -1.93. The highest BCUT2D eigenvalue weighted by Gasteiger charge is 2.05. The van der Waals surface area contributed by atoms with Gasteiger partial charge in [-0.3, -0.25) is 4.99 Å². The number of aliphatic imine (C=N–C) groups is 1. The van der Waals surface area contributed by atoms with Gasteiger partial charge in [-0.15, -0.1) is 0 Å². The highest BCUT2D eigenvalue weighted by molar-refractivity contribution is 5.90. The summed E-state index contributed by atoms with van der Waals surface area (Å²) in [4.78, 5) is 8.45. The van der Waals surface area contributed by atoms with Crippen LogP contribution in [0, 0.1) is 5.92 Å². The quantitative estimate of drug-likeness (QED) is 0.537. The summed E-state index contributed by atoms with van der Waals surface area (Å²) in [6, 6.07) is 17.1. The number of nitrogens with zero attached hydrogens (tertiary/aromatic N) is 2. The van der Waals surface area contributed by atoms with E-state index in [1.807, 2.05) is 31.7 Å². The smallest absolute Gasteiger partial charge is 0.126 e. The maximum Gasteiger partial charge on any atom is 0.126 e. The Bertz CT molecular complexity index is 1030. The summed E-state index contributed by atoms with van der Waals surface area (Å²) in [7, 11) is 1.88. The van der Waals surface area contributed by atoms with E-state index in [2.05, 4.69) is 84.3 Å². The molecule has 3 nitrogen and oxygen atoms in total. The molecule has 0 atom stereocenters. The summed E-state index contributed by atoms with van der Waals surface area (Å²) in [5, 5.41) is 5.42. The Kier molecular flexibility index (Phi) is 6.96. The van der Waals surface area contributed by atoms with Gasteiger partial charge >= 0.3 is 0 Å². The number of hydrogen-bond acceptors (Lipinski definition) is 3. The maximum atomic E-state index is 4.30. The van der Waals surface area contributed by atoms with Crippen LogP contribution in [-0.4, -0.2) is 18.2 Å². The first-order valence-corrected chi connectivity index (χ1v) is 10.1. The van der Waals surface area contributed by atoms with Crippen molar-refractivity contribution in [1.82, 2.24) is 4.98 Å². The van der Waals surface area contributed by atoms with Gasteiger partial charge in [0.05, 0.1) is 0 Å². The summed E-state index contributed by atoms with van der Waals surface area (Å²) >= 11 is 0. The van der Waals surface area contributed by atoms with Crippen molar-refractivity contribution in [3.05, 3.63) is 84.2 Å². The molecule has 0 saturated heterocycles. The SMILES string of the molecule is C=Cc1ccc(CC(C)C)cc1.CNc1cc2cc(C3=CN=CC3)ccc2cn1. The maximum absolute atomic E-state index is 4.30. The summed E-state index contributed by atoms with van der Waals surface area (Å²) in [6.45, 7) is 8.20. The third kappa shape index (κ3) is 5.64. The van der Waals surface area contributed by atoms with Crippen molar-refractivity contribution in [2.45, 2.75) is 26.7 Å². The number of benzene rings is 2. The largest absolute Gasteiger partial charge is 0.373 e. The van der Waals surface area contributed by atoms with Crippen LogP contribution in [0.5, 0.6) is 0 Å². The zero-order chi connectivity index (χ0) is 20.6. The third-order valence-corrected chi connectivity index (χ3v) is 4.86. The molecule has 2 heterocycles. The van der Waals surface area contributed by atoms with Crippen LogP contribution in [0.4, 0.5) is 5.82 Å². The lowest BCUT2D eigenvalue weighted by Gasteiger charge is -2.05. The summed E-state index contributed by atoms with van der Waals surface area (Å²) in [5.74, 6) is 1.63. The number of fused-ring (bicyclic) bond motifs is 1. The van der Waals surface area contributed by atoms with Crippen LogP contribution < -0.4 is 5.32 Å². The molecule has 0 bridgehead atoms. The number of allylic oxidation sites excluding steroid dienone is 1. The normalized spacial score (nSPS) is 12.5.